The summed E-state index contributed by atoms with van der Waals surface area (Å²) in [4.78, 5) is 13.6. The van der Waals surface area contributed by atoms with Crippen LogP contribution in [-0.4, -0.2) is 43.1 Å². The summed E-state index contributed by atoms with van der Waals surface area (Å²) in [5.41, 5.74) is 0.655. The van der Waals surface area contributed by atoms with Gasteiger partial charge in [0, 0.05) is 18.0 Å². The van der Waals surface area contributed by atoms with Crippen molar-refractivity contribution in [1.29, 1.82) is 0 Å². The summed E-state index contributed by atoms with van der Waals surface area (Å²) in [6, 6.07) is 7.01. The fourth-order valence-electron chi connectivity index (χ4n) is 2.09. The molecule has 0 aliphatic rings. The Hall–Kier alpha value is -2.34. The highest BCUT2D eigenvalue weighted by atomic mass is 16.5. The number of fused-ring (bicyclic) bond motifs is 1. The zero-order valence-corrected chi connectivity index (χ0v) is 13.0. The lowest BCUT2D eigenvalue weighted by Crippen LogP contribution is -2.15. The maximum absolute atomic E-state index is 11.5. The van der Waals surface area contributed by atoms with Crippen LogP contribution in [0, 0.1) is 0 Å². The molecule has 0 radical (unpaired) electrons. The summed E-state index contributed by atoms with van der Waals surface area (Å²) in [5, 5.41) is 12.7. The van der Waals surface area contributed by atoms with Gasteiger partial charge in [-0.1, -0.05) is 0 Å². The van der Waals surface area contributed by atoms with Crippen LogP contribution < -0.4 is 10.3 Å². The number of benzene rings is 1. The molecule has 118 valence electrons. The van der Waals surface area contributed by atoms with Crippen molar-refractivity contribution < 1.29 is 19.2 Å². The highest BCUT2D eigenvalue weighted by molar-refractivity contribution is 5.96. The molecular weight excluding hydrogens is 284 g/mol. The Balaban J connectivity index is 2.23. The van der Waals surface area contributed by atoms with Crippen molar-refractivity contribution in [3.8, 4) is 5.75 Å². The van der Waals surface area contributed by atoms with Gasteiger partial charge in [-0.05, 0) is 50.8 Å². The van der Waals surface area contributed by atoms with Crippen LogP contribution in [0.15, 0.2) is 33.8 Å². The summed E-state index contributed by atoms with van der Waals surface area (Å²) in [6.45, 7) is 2.95. The van der Waals surface area contributed by atoms with Crippen molar-refractivity contribution in [2.75, 3.05) is 27.2 Å². The Kier molecular flexibility index (Phi) is 5.16. The highest BCUT2D eigenvalue weighted by Crippen LogP contribution is 2.21. The van der Waals surface area contributed by atoms with Crippen LogP contribution in [0.3, 0.4) is 0 Å². The second-order valence-corrected chi connectivity index (χ2v) is 5.33. The minimum absolute atomic E-state index is 0.0928. The van der Waals surface area contributed by atoms with Gasteiger partial charge in [0.2, 0.25) is 0 Å². The number of ether oxygens (including phenoxy) is 1. The Bertz CT molecular complexity index is 734. The van der Waals surface area contributed by atoms with E-state index in [4.69, 9.17) is 14.4 Å². The molecule has 1 aromatic carbocycles. The average molecular weight is 304 g/mol. The SMILES string of the molecule is CC(=O)c1cc2ccc(OCCCN(C)C)cc2oc1=NO. The fourth-order valence-corrected chi connectivity index (χ4v) is 2.09. The van der Waals surface area contributed by atoms with Gasteiger partial charge in [0.25, 0.3) is 5.55 Å². The largest absolute Gasteiger partial charge is 0.493 e. The molecule has 0 spiro atoms. The van der Waals surface area contributed by atoms with E-state index in [0.29, 0.717) is 17.9 Å². The molecule has 6 nitrogen and oxygen atoms in total. The zero-order valence-electron chi connectivity index (χ0n) is 13.0. The highest BCUT2D eigenvalue weighted by Gasteiger charge is 2.09. The zero-order chi connectivity index (χ0) is 16.1. The molecule has 0 amide bonds. The van der Waals surface area contributed by atoms with Crippen LogP contribution in [0.2, 0.25) is 0 Å². The second-order valence-electron chi connectivity index (χ2n) is 5.33. The van der Waals surface area contributed by atoms with E-state index in [9.17, 15) is 4.79 Å². The topological polar surface area (TPSA) is 75.3 Å². The van der Waals surface area contributed by atoms with E-state index in [1.165, 1.54) is 6.92 Å². The lowest BCUT2D eigenvalue weighted by atomic mass is 10.1. The number of rotatable bonds is 6. The predicted octanol–water partition coefficient (Wildman–Crippen LogP) is 2.26. The van der Waals surface area contributed by atoms with E-state index in [2.05, 4.69) is 10.1 Å². The Morgan fingerprint density at radius 1 is 1.36 bits per heavy atom. The third-order valence-electron chi connectivity index (χ3n) is 3.21. The number of ketones is 1. The number of Topliss-reactive ketones (excluding diaryl/α,β-unsaturated/α-hetero) is 1. The van der Waals surface area contributed by atoms with Crippen LogP contribution >= 0.6 is 0 Å². The Morgan fingerprint density at radius 2 is 2.14 bits per heavy atom. The molecule has 0 saturated carbocycles. The molecule has 0 atom stereocenters. The van der Waals surface area contributed by atoms with Crippen LogP contribution in [-0.2, 0) is 0 Å². The molecule has 0 unspecified atom stereocenters. The van der Waals surface area contributed by atoms with Crippen molar-refractivity contribution in [3.05, 3.63) is 35.4 Å². The van der Waals surface area contributed by atoms with Gasteiger partial charge in [0.05, 0.1) is 12.2 Å². The molecule has 2 rings (SSSR count). The third kappa shape index (κ3) is 3.85. The van der Waals surface area contributed by atoms with Crippen LogP contribution in [0.4, 0.5) is 0 Å². The fraction of sp³-hybridized carbons (Fsp3) is 0.375. The molecule has 6 heteroatoms. The minimum Gasteiger partial charge on any atom is -0.493 e. The van der Waals surface area contributed by atoms with E-state index in [1.54, 1.807) is 12.1 Å². The maximum Gasteiger partial charge on any atom is 0.266 e. The number of hydrogen-bond donors (Lipinski definition) is 1. The van der Waals surface area contributed by atoms with Crippen LogP contribution in [0.25, 0.3) is 11.0 Å². The van der Waals surface area contributed by atoms with Crippen molar-refractivity contribution in [3.63, 3.8) is 0 Å². The first kappa shape index (κ1) is 16.0. The summed E-state index contributed by atoms with van der Waals surface area (Å²) >= 11 is 0. The summed E-state index contributed by atoms with van der Waals surface area (Å²) in [6.07, 6.45) is 0.919. The van der Waals surface area contributed by atoms with Gasteiger partial charge in [-0.3, -0.25) is 4.79 Å². The van der Waals surface area contributed by atoms with Gasteiger partial charge < -0.3 is 19.3 Å². The minimum atomic E-state index is -0.220. The predicted molar refractivity (Wildman–Crippen MR) is 82.2 cm³/mol. The number of hydrogen-bond acceptors (Lipinski definition) is 6. The van der Waals surface area contributed by atoms with Gasteiger partial charge in [-0.15, -0.1) is 0 Å². The number of carbonyl (C=O) groups is 1. The first-order valence-corrected chi connectivity index (χ1v) is 7.05. The van der Waals surface area contributed by atoms with E-state index < -0.39 is 0 Å². The van der Waals surface area contributed by atoms with E-state index in [0.717, 1.165) is 18.4 Å². The van der Waals surface area contributed by atoms with Crippen molar-refractivity contribution >= 4 is 16.8 Å². The maximum atomic E-state index is 11.5. The van der Waals surface area contributed by atoms with Crippen LogP contribution in [0.5, 0.6) is 5.75 Å². The normalized spacial score (nSPS) is 12.1. The summed E-state index contributed by atoms with van der Waals surface area (Å²) in [5.74, 6) is 0.455. The third-order valence-corrected chi connectivity index (χ3v) is 3.21. The molecule has 1 heterocycles. The molecule has 1 N–H and O–H groups in total. The van der Waals surface area contributed by atoms with E-state index >= 15 is 0 Å². The molecule has 22 heavy (non-hydrogen) atoms. The molecule has 0 saturated heterocycles. The van der Waals surface area contributed by atoms with Gasteiger partial charge in [0.1, 0.15) is 11.3 Å². The first-order valence-electron chi connectivity index (χ1n) is 7.05. The number of nitrogens with zero attached hydrogens (tertiary/aromatic N) is 2. The van der Waals surface area contributed by atoms with Crippen molar-refractivity contribution in [2.24, 2.45) is 5.16 Å². The lowest BCUT2D eigenvalue weighted by Gasteiger charge is -2.10. The molecular formula is C16H20N2O4. The quantitative estimate of drug-likeness (QED) is 0.383. The van der Waals surface area contributed by atoms with Gasteiger partial charge in [-0.25, -0.2) is 0 Å². The van der Waals surface area contributed by atoms with E-state index in [1.807, 2.05) is 26.2 Å². The monoisotopic (exact) mass is 304 g/mol. The second kappa shape index (κ2) is 7.09. The summed E-state index contributed by atoms with van der Waals surface area (Å²) in [7, 11) is 4.03. The first-order chi connectivity index (χ1) is 10.5. The Labute approximate surface area is 128 Å². The molecule has 0 fully saturated rings. The van der Waals surface area contributed by atoms with Crippen LogP contribution in [0.1, 0.15) is 23.7 Å². The van der Waals surface area contributed by atoms with Crippen molar-refractivity contribution in [1.82, 2.24) is 4.90 Å². The van der Waals surface area contributed by atoms with E-state index in [-0.39, 0.29) is 16.9 Å². The number of carbonyl (C=O) groups excluding carboxylic acids is 1. The lowest BCUT2D eigenvalue weighted by molar-refractivity contribution is 0.101. The van der Waals surface area contributed by atoms with Crippen molar-refractivity contribution in [2.45, 2.75) is 13.3 Å². The molecule has 0 bridgehead atoms. The van der Waals surface area contributed by atoms with Gasteiger partial charge in [0.15, 0.2) is 5.78 Å². The molecule has 0 aliphatic carbocycles. The standard InChI is InChI=1S/C16H20N2O4/c1-11(19)14-9-12-5-6-13(21-8-4-7-18(2)3)10-15(12)22-16(14)17-20/h5-6,9-10,20H,4,7-8H2,1-3H3. The molecule has 1 aromatic heterocycles. The van der Waals surface area contributed by atoms with Gasteiger partial charge >= 0.3 is 0 Å². The average Bonchev–Trinajstić information content (AvgIpc) is 2.49. The summed E-state index contributed by atoms with van der Waals surface area (Å²) < 4.78 is 11.1. The molecule has 0 aliphatic heterocycles. The smallest absolute Gasteiger partial charge is 0.266 e. The van der Waals surface area contributed by atoms with Gasteiger partial charge in [-0.2, -0.15) is 0 Å². The Morgan fingerprint density at radius 3 is 2.77 bits per heavy atom. The molecule has 2 aromatic rings.